The summed E-state index contributed by atoms with van der Waals surface area (Å²) >= 11 is 0. The lowest BCUT2D eigenvalue weighted by atomic mass is 10.2. The van der Waals surface area contributed by atoms with Gasteiger partial charge in [-0.1, -0.05) is 0 Å². The van der Waals surface area contributed by atoms with Crippen LogP contribution in [0.25, 0.3) is 0 Å². The molecule has 0 aromatic carbocycles. The lowest BCUT2D eigenvalue weighted by Gasteiger charge is -2.05. The van der Waals surface area contributed by atoms with Crippen molar-refractivity contribution in [1.82, 2.24) is 5.32 Å². The molecule has 1 fully saturated rings. The summed E-state index contributed by atoms with van der Waals surface area (Å²) in [5.41, 5.74) is 0. The number of nitrogens with two attached hydrogens (primary N) is 1. The fourth-order valence-corrected chi connectivity index (χ4v) is 1.04. The van der Waals surface area contributed by atoms with Gasteiger partial charge in [0.05, 0.1) is 12.7 Å². The van der Waals surface area contributed by atoms with Crippen LogP contribution in [-0.4, -0.2) is 30.4 Å². The molecule has 1 heterocycles. The van der Waals surface area contributed by atoms with Crippen LogP contribution < -0.4 is 11.2 Å². The number of β-amino-alcohol motifs (C(OH)–C–C–N with tert-alkyl or cyclic N) is 1. The molecule has 0 spiro atoms. The zero-order valence-corrected chi connectivity index (χ0v) is 5.21. The molecular formula is C5H12N2O2. The molecule has 0 bridgehead atoms. The fraction of sp³-hybridized carbons (Fsp3) is 1.00. The second-order valence-corrected chi connectivity index (χ2v) is 2.33. The van der Waals surface area contributed by atoms with Crippen molar-refractivity contribution in [2.24, 2.45) is 5.90 Å². The summed E-state index contributed by atoms with van der Waals surface area (Å²) in [7, 11) is 0. The molecule has 0 aromatic rings. The van der Waals surface area contributed by atoms with Crippen molar-refractivity contribution >= 4 is 0 Å². The van der Waals surface area contributed by atoms with Gasteiger partial charge in [-0.05, 0) is 6.42 Å². The minimum Gasteiger partial charge on any atom is -0.392 e. The average molecular weight is 132 g/mol. The Labute approximate surface area is 53.9 Å². The molecule has 9 heavy (non-hydrogen) atoms. The van der Waals surface area contributed by atoms with Crippen LogP contribution in [0.5, 0.6) is 0 Å². The zero-order valence-electron chi connectivity index (χ0n) is 5.21. The molecule has 0 amide bonds. The third kappa shape index (κ3) is 1.91. The summed E-state index contributed by atoms with van der Waals surface area (Å²) in [6, 6.07) is 0.241. The van der Waals surface area contributed by atoms with Crippen LogP contribution in [0.4, 0.5) is 0 Å². The van der Waals surface area contributed by atoms with Gasteiger partial charge in [0, 0.05) is 12.6 Å². The van der Waals surface area contributed by atoms with E-state index in [2.05, 4.69) is 10.2 Å². The summed E-state index contributed by atoms with van der Waals surface area (Å²) in [4.78, 5) is 4.40. The van der Waals surface area contributed by atoms with Crippen LogP contribution in [-0.2, 0) is 4.84 Å². The topological polar surface area (TPSA) is 67.5 Å². The van der Waals surface area contributed by atoms with Crippen molar-refractivity contribution < 1.29 is 9.94 Å². The molecule has 1 saturated heterocycles. The van der Waals surface area contributed by atoms with Crippen molar-refractivity contribution in [2.75, 3.05) is 13.2 Å². The maximum Gasteiger partial charge on any atom is 0.0833 e. The molecule has 1 aliphatic heterocycles. The van der Waals surface area contributed by atoms with E-state index in [0.717, 1.165) is 6.42 Å². The van der Waals surface area contributed by atoms with Crippen molar-refractivity contribution in [3.63, 3.8) is 0 Å². The molecule has 1 rings (SSSR count). The van der Waals surface area contributed by atoms with E-state index in [1.807, 2.05) is 0 Å². The SMILES string of the molecule is NOCC1CC(O)CN1. The second-order valence-electron chi connectivity index (χ2n) is 2.33. The first-order valence-corrected chi connectivity index (χ1v) is 3.06. The fourth-order valence-electron chi connectivity index (χ4n) is 1.04. The highest BCUT2D eigenvalue weighted by atomic mass is 16.6. The molecular weight excluding hydrogens is 120 g/mol. The molecule has 54 valence electrons. The Morgan fingerprint density at radius 2 is 2.56 bits per heavy atom. The molecule has 0 saturated carbocycles. The Morgan fingerprint density at radius 3 is 3.00 bits per heavy atom. The highest BCUT2D eigenvalue weighted by molar-refractivity contribution is 4.80. The van der Waals surface area contributed by atoms with E-state index >= 15 is 0 Å². The molecule has 4 N–H and O–H groups in total. The Morgan fingerprint density at radius 1 is 1.78 bits per heavy atom. The smallest absolute Gasteiger partial charge is 0.0833 e. The summed E-state index contributed by atoms with van der Waals surface area (Å²) < 4.78 is 0. The lowest BCUT2D eigenvalue weighted by molar-refractivity contribution is 0.113. The number of rotatable bonds is 2. The van der Waals surface area contributed by atoms with Gasteiger partial charge in [-0.15, -0.1) is 0 Å². The highest BCUT2D eigenvalue weighted by Crippen LogP contribution is 2.04. The number of aliphatic hydroxyl groups is 1. The summed E-state index contributed by atoms with van der Waals surface area (Å²) in [5.74, 6) is 4.83. The van der Waals surface area contributed by atoms with Crippen molar-refractivity contribution in [1.29, 1.82) is 0 Å². The van der Waals surface area contributed by atoms with Crippen molar-refractivity contribution in [2.45, 2.75) is 18.6 Å². The highest BCUT2D eigenvalue weighted by Gasteiger charge is 2.21. The average Bonchev–Trinajstić information content (AvgIpc) is 2.17. The van der Waals surface area contributed by atoms with Gasteiger partial charge >= 0.3 is 0 Å². The van der Waals surface area contributed by atoms with Gasteiger partial charge in [-0.25, -0.2) is 5.90 Å². The maximum absolute atomic E-state index is 8.97. The van der Waals surface area contributed by atoms with Gasteiger partial charge in [0.15, 0.2) is 0 Å². The quantitative estimate of drug-likeness (QED) is 0.404. The number of nitrogens with one attached hydrogen (secondary N) is 1. The molecule has 0 radical (unpaired) electrons. The molecule has 1 aliphatic rings. The van der Waals surface area contributed by atoms with E-state index in [1.54, 1.807) is 0 Å². The predicted molar refractivity (Wildman–Crippen MR) is 32.6 cm³/mol. The van der Waals surface area contributed by atoms with E-state index in [1.165, 1.54) is 0 Å². The van der Waals surface area contributed by atoms with Crippen LogP contribution in [0, 0.1) is 0 Å². The largest absolute Gasteiger partial charge is 0.392 e. The standard InChI is InChI=1S/C5H12N2O2/c6-9-3-4-1-5(8)2-7-4/h4-5,7-8H,1-3,6H2. The summed E-state index contributed by atoms with van der Waals surface area (Å²) in [6.07, 6.45) is 0.530. The van der Waals surface area contributed by atoms with Crippen LogP contribution in [0.2, 0.25) is 0 Å². The van der Waals surface area contributed by atoms with Gasteiger partial charge in [0.1, 0.15) is 0 Å². The third-order valence-electron chi connectivity index (χ3n) is 1.50. The first kappa shape index (κ1) is 6.95. The minimum atomic E-state index is -0.217. The maximum atomic E-state index is 8.97. The van der Waals surface area contributed by atoms with Crippen LogP contribution in [0.1, 0.15) is 6.42 Å². The molecule has 4 heteroatoms. The lowest BCUT2D eigenvalue weighted by Crippen LogP contribution is -2.28. The van der Waals surface area contributed by atoms with Gasteiger partial charge < -0.3 is 15.3 Å². The van der Waals surface area contributed by atoms with Gasteiger partial charge in [0.2, 0.25) is 0 Å². The monoisotopic (exact) mass is 132 g/mol. The molecule has 2 atom stereocenters. The Balaban J connectivity index is 2.14. The van der Waals surface area contributed by atoms with Crippen LogP contribution >= 0.6 is 0 Å². The Hall–Kier alpha value is -0.160. The first-order valence-electron chi connectivity index (χ1n) is 3.06. The molecule has 0 aliphatic carbocycles. The van der Waals surface area contributed by atoms with Crippen molar-refractivity contribution in [3.8, 4) is 0 Å². The molecule has 2 unspecified atom stereocenters. The summed E-state index contributed by atoms with van der Waals surface area (Å²) in [6.45, 7) is 1.14. The third-order valence-corrected chi connectivity index (χ3v) is 1.50. The minimum absolute atomic E-state index is 0.217. The number of aliphatic hydroxyl groups excluding tert-OH is 1. The summed E-state index contributed by atoms with van der Waals surface area (Å²) in [5, 5.41) is 12.0. The Bertz CT molecular complexity index is 87.0. The first-order chi connectivity index (χ1) is 4.33. The predicted octanol–water partition coefficient (Wildman–Crippen LogP) is -1.40. The van der Waals surface area contributed by atoms with E-state index in [9.17, 15) is 0 Å². The van der Waals surface area contributed by atoms with Crippen molar-refractivity contribution in [3.05, 3.63) is 0 Å². The van der Waals surface area contributed by atoms with Gasteiger partial charge in [-0.3, -0.25) is 0 Å². The van der Waals surface area contributed by atoms with E-state index in [-0.39, 0.29) is 12.1 Å². The van der Waals surface area contributed by atoms with E-state index < -0.39 is 0 Å². The molecule has 0 aromatic heterocycles. The number of hydrogen-bond donors (Lipinski definition) is 3. The number of hydrogen-bond acceptors (Lipinski definition) is 4. The van der Waals surface area contributed by atoms with Crippen LogP contribution in [0.15, 0.2) is 0 Å². The van der Waals surface area contributed by atoms with E-state index in [0.29, 0.717) is 13.2 Å². The van der Waals surface area contributed by atoms with Gasteiger partial charge in [-0.2, -0.15) is 0 Å². The molecule has 4 nitrogen and oxygen atoms in total. The van der Waals surface area contributed by atoms with Crippen LogP contribution in [0.3, 0.4) is 0 Å². The normalized spacial score (nSPS) is 35.3. The van der Waals surface area contributed by atoms with Gasteiger partial charge in [0.25, 0.3) is 0 Å². The zero-order chi connectivity index (χ0) is 6.69. The van der Waals surface area contributed by atoms with E-state index in [4.69, 9.17) is 11.0 Å². The Kier molecular flexibility index (Phi) is 2.41. The second kappa shape index (κ2) is 3.12.